The first-order valence-corrected chi connectivity index (χ1v) is 21.6. The maximum atomic E-state index is 15.2. The summed E-state index contributed by atoms with van der Waals surface area (Å²) >= 11 is 0. The molecule has 2 heterocycles. The normalized spacial score (nSPS) is 33.0. The van der Waals surface area contributed by atoms with Crippen LogP contribution in [0.2, 0.25) is 0 Å². The lowest BCUT2D eigenvalue weighted by Gasteiger charge is -2.48. The van der Waals surface area contributed by atoms with Crippen LogP contribution < -0.4 is 0 Å². The van der Waals surface area contributed by atoms with Gasteiger partial charge in [-0.15, -0.1) is 0 Å². The number of hydrogen-bond donors (Lipinski definition) is 2. The Morgan fingerprint density at radius 2 is 1.64 bits per heavy atom. The maximum absolute atomic E-state index is 15.2. The summed E-state index contributed by atoms with van der Waals surface area (Å²) in [7, 11) is 0. The van der Waals surface area contributed by atoms with Crippen molar-refractivity contribution in [2.24, 2.45) is 16.2 Å². The van der Waals surface area contributed by atoms with Gasteiger partial charge in [-0.05, 0) is 119 Å². The topological polar surface area (TPSA) is 113 Å². The molecule has 3 aromatic carbocycles. The minimum absolute atomic E-state index is 0.0673. The molecule has 2 N–H and O–H groups in total. The fourth-order valence-corrected chi connectivity index (χ4v) is 11.4. The van der Waals surface area contributed by atoms with E-state index >= 15 is 9.59 Å². The smallest absolute Gasteiger partial charge is 0.313 e. The highest BCUT2D eigenvalue weighted by Crippen LogP contribution is 2.66. The van der Waals surface area contributed by atoms with Crippen molar-refractivity contribution in [1.82, 2.24) is 4.90 Å². The minimum atomic E-state index is -1.34. The number of rotatable bonds is 8. The number of ketones is 1. The van der Waals surface area contributed by atoms with Gasteiger partial charge in [-0.2, -0.15) is 0 Å². The van der Waals surface area contributed by atoms with Gasteiger partial charge in [-0.1, -0.05) is 99.2 Å². The summed E-state index contributed by atoms with van der Waals surface area (Å²) in [5, 5.41) is 24.6. The van der Waals surface area contributed by atoms with Gasteiger partial charge in [0.05, 0.1) is 29.8 Å². The third-order valence-corrected chi connectivity index (χ3v) is 15.8. The standard InChI is InChI=1S/C50H61NO7/c1-33-13-11-24-47(4)42(23-25-49(47,56)32-51(31-37-16-12-28-57-37)44(54)50-27-26-48(5,45(55)58-50)46(50,2)3)39-22-20-34(29-36(52)21-19-33)30-41(39)43(53)40-18-10-9-17-38(40)35-14-7-6-8-15-35/h6-10,13-15,17-18,20,22,30,36-37,42,52,56H,11-12,16,19,21,23-29,31-32H2,1-5H3. The maximum Gasteiger partial charge on any atom is 0.313 e. The molecule has 8 nitrogen and oxygen atoms in total. The number of esters is 1. The van der Waals surface area contributed by atoms with Crippen LogP contribution in [0.3, 0.4) is 0 Å². The molecule has 4 fully saturated rings. The van der Waals surface area contributed by atoms with Crippen molar-refractivity contribution in [3.63, 3.8) is 0 Å². The Hall–Kier alpha value is -4.11. The molecule has 9 rings (SSSR count). The van der Waals surface area contributed by atoms with Crippen molar-refractivity contribution < 1.29 is 34.1 Å². The zero-order valence-electron chi connectivity index (χ0n) is 35.0. The molecule has 58 heavy (non-hydrogen) atoms. The van der Waals surface area contributed by atoms with E-state index in [2.05, 4.69) is 26.0 Å². The molecule has 2 saturated carbocycles. The molecule has 7 unspecified atom stereocenters. The van der Waals surface area contributed by atoms with Crippen LogP contribution in [0.15, 0.2) is 84.4 Å². The molecular weight excluding hydrogens is 727 g/mol. The second-order valence-corrected chi connectivity index (χ2v) is 19.2. The zero-order valence-corrected chi connectivity index (χ0v) is 35.0. The molecule has 4 aliphatic carbocycles. The van der Waals surface area contributed by atoms with E-state index in [1.54, 1.807) is 4.90 Å². The van der Waals surface area contributed by atoms with Gasteiger partial charge in [-0.25, -0.2) is 0 Å². The predicted molar refractivity (Wildman–Crippen MR) is 224 cm³/mol. The van der Waals surface area contributed by atoms with Gasteiger partial charge in [-0.3, -0.25) is 14.4 Å². The van der Waals surface area contributed by atoms with Crippen LogP contribution >= 0.6 is 0 Å². The van der Waals surface area contributed by atoms with Crippen molar-refractivity contribution in [3.8, 4) is 11.1 Å². The molecule has 0 radical (unpaired) electrons. The number of aliphatic hydroxyl groups excluding tert-OH is 1. The third kappa shape index (κ3) is 6.58. The molecule has 2 saturated heterocycles. The lowest BCUT2D eigenvalue weighted by molar-refractivity contribution is -0.178. The number of allylic oxidation sites excluding steroid dienone is 2. The second kappa shape index (κ2) is 15.2. The van der Waals surface area contributed by atoms with E-state index in [4.69, 9.17) is 9.47 Å². The molecule has 2 aliphatic heterocycles. The van der Waals surface area contributed by atoms with Gasteiger partial charge in [0.15, 0.2) is 11.4 Å². The first-order chi connectivity index (χ1) is 27.6. The van der Waals surface area contributed by atoms with E-state index in [0.29, 0.717) is 75.6 Å². The summed E-state index contributed by atoms with van der Waals surface area (Å²) < 4.78 is 12.3. The van der Waals surface area contributed by atoms with Crippen molar-refractivity contribution >= 4 is 17.7 Å². The molecule has 7 atom stereocenters. The van der Waals surface area contributed by atoms with Crippen LogP contribution in [0, 0.1) is 16.2 Å². The highest BCUT2D eigenvalue weighted by Gasteiger charge is 2.76. The lowest BCUT2D eigenvalue weighted by atomic mass is 9.64. The number of carbonyl (C=O) groups excluding carboxylic acids is 3. The van der Waals surface area contributed by atoms with Crippen molar-refractivity contribution in [2.75, 3.05) is 19.7 Å². The fourth-order valence-electron chi connectivity index (χ4n) is 11.4. The summed E-state index contributed by atoms with van der Waals surface area (Å²) in [5.41, 5.74) is 1.07. The number of aliphatic hydroxyl groups is 2. The van der Waals surface area contributed by atoms with Crippen LogP contribution in [0.4, 0.5) is 0 Å². The minimum Gasteiger partial charge on any atom is -0.448 e. The molecule has 6 aliphatic rings. The Morgan fingerprint density at radius 1 is 0.879 bits per heavy atom. The van der Waals surface area contributed by atoms with E-state index < -0.39 is 33.6 Å². The first-order valence-electron chi connectivity index (χ1n) is 21.6. The number of nitrogens with zero attached hydrogens (tertiary/aromatic N) is 1. The van der Waals surface area contributed by atoms with E-state index in [9.17, 15) is 15.0 Å². The molecule has 1 amide bonds. The lowest BCUT2D eigenvalue weighted by Crippen LogP contribution is -2.61. The van der Waals surface area contributed by atoms with Gasteiger partial charge in [0, 0.05) is 35.1 Å². The van der Waals surface area contributed by atoms with E-state index in [-0.39, 0.29) is 36.2 Å². The summed E-state index contributed by atoms with van der Waals surface area (Å²) in [6.07, 6.45) is 8.40. The number of benzene rings is 3. The number of ether oxygens (including phenoxy) is 2. The molecule has 308 valence electrons. The van der Waals surface area contributed by atoms with Crippen molar-refractivity contribution in [3.05, 3.63) is 107 Å². The SMILES string of the molecule is CC1=CCCC2(C)C(CCC2(O)CN(CC2CCCO2)C(=O)C23CCC(C)(C(=O)O2)C3(C)C)c2ccc(cc2C(=O)c2ccccc2-c2ccccc2)CC(O)CC1. The van der Waals surface area contributed by atoms with Crippen molar-refractivity contribution in [2.45, 2.75) is 135 Å². The Morgan fingerprint density at radius 3 is 2.34 bits per heavy atom. The Bertz CT molecular complexity index is 2100. The predicted octanol–water partition coefficient (Wildman–Crippen LogP) is 8.75. The molecule has 3 aromatic rings. The molecule has 0 aromatic heterocycles. The van der Waals surface area contributed by atoms with E-state index in [0.717, 1.165) is 41.5 Å². The highest BCUT2D eigenvalue weighted by atomic mass is 16.6. The average molecular weight is 788 g/mol. The number of fused-ring (bicyclic) bond motifs is 10. The quantitative estimate of drug-likeness (QED) is 0.133. The molecule has 0 spiro atoms. The molecule has 8 heteroatoms. The van der Waals surface area contributed by atoms with Crippen LogP contribution in [0.5, 0.6) is 0 Å². The highest BCUT2D eigenvalue weighted by molar-refractivity contribution is 6.14. The first kappa shape index (κ1) is 40.7. The summed E-state index contributed by atoms with van der Waals surface area (Å²) in [6, 6.07) is 23.8. The van der Waals surface area contributed by atoms with Gasteiger partial charge in [0.1, 0.15) is 0 Å². The largest absolute Gasteiger partial charge is 0.448 e. The monoisotopic (exact) mass is 787 g/mol. The van der Waals surface area contributed by atoms with Crippen LogP contribution in [-0.4, -0.2) is 75.9 Å². The van der Waals surface area contributed by atoms with Gasteiger partial charge >= 0.3 is 5.97 Å². The van der Waals surface area contributed by atoms with Gasteiger partial charge in [0.2, 0.25) is 0 Å². The van der Waals surface area contributed by atoms with Gasteiger partial charge < -0.3 is 24.6 Å². The van der Waals surface area contributed by atoms with Crippen molar-refractivity contribution in [1.29, 1.82) is 0 Å². The van der Waals surface area contributed by atoms with Crippen LogP contribution in [0.25, 0.3) is 11.1 Å². The number of amides is 1. The van der Waals surface area contributed by atoms with Gasteiger partial charge in [0.25, 0.3) is 5.91 Å². The summed E-state index contributed by atoms with van der Waals surface area (Å²) in [5.74, 6) is -0.869. The van der Waals surface area contributed by atoms with Crippen LogP contribution in [-0.2, 0) is 25.5 Å². The molecule has 4 bridgehead atoms. The van der Waals surface area contributed by atoms with E-state index in [1.165, 1.54) is 5.57 Å². The van der Waals surface area contributed by atoms with E-state index in [1.807, 2.05) is 87.5 Å². The zero-order chi connectivity index (χ0) is 41.1. The number of hydrogen-bond acceptors (Lipinski definition) is 7. The Labute approximate surface area is 344 Å². The van der Waals surface area contributed by atoms with Crippen LogP contribution in [0.1, 0.15) is 132 Å². The molecular formula is C50H61NO7. The average Bonchev–Trinajstić information content (AvgIpc) is 3.90. The number of carbonyl (C=O) groups is 3. The Kier molecular flexibility index (Phi) is 10.6. The fraction of sp³-hybridized carbons (Fsp3) is 0.540. The third-order valence-electron chi connectivity index (χ3n) is 15.8. The Balaban J connectivity index is 1.22. The summed E-state index contributed by atoms with van der Waals surface area (Å²) in [4.78, 5) is 45.5. The second-order valence-electron chi connectivity index (χ2n) is 19.2. The summed E-state index contributed by atoms with van der Waals surface area (Å²) in [6.45, 7) is 11.2.